The third-order valence-corrected chi connectivity index (χ3v) is 7.97. The van der Waals surface area contributed by atoms with Crippen LogP contribution in [-0.2, 0) is 21.1 Å². The average molecular weight is 421 g/mol. The molecule has 0 saturated heterocycles. The van der Waals surface area contributed by atoms with Gasteiger partial charge in [0.1, 0.15) is 21.4 Å². The van der Waals surface area contributed by atoms with Gasteiger partial charge in [-0.05, 0) is 55.8 Å². The molecular weight excluding hydrogens is 404 g/mol. The smallest absolute Gasteiger partial charge is 0.190 e. The van der Waals surface area contributed by atoms with Crippen molar-refractivity contribution in [2.24, 2.45) is 0 Å². The van der Waals surface area contributed by atoms with Crippen LogP contribution in [0.5, 0.6) is 0 Å². The Labute approximate surface area is 165 Å². The Bertz CT molecular complexity index is 1100. The molecule has 0 aliphatic carbocycles. The van der Waals surface area contributed by atoms with Gasteiger partial charge in [-0.25, -0.2) is 22.2 Å². The lowest BCUT2D eigenvalue weighted by molar-refractivity contribution is -0.120. The van der Waals surface area contributed by atoms with Gasteiger partial charge in [-0.15, -0.1) is 11.3 Å². The quantitative estimate of drug-likeness (QED) is 0.552. The van der Waals surface area contributed by atoms with E-state index >= 15 is 0 Å². The van der Waals surface area contributed by atoms with Gasteiger partial charge in [0, 0.05) is 6.20 Å². The molecule has 3 rings (SSSR count). The van der Waals surface area contributed by atoms with Gasteiger partial charge in [-0.2, -0.15) is 0 Å². The third kappa shape index (κ3) is 3.88. The number of nitrogens with zero attached hydrogens (tertiary/aromatic N) is 1. The van der Waals surface area contributed by atoms with Crippen molar-refractivity contribution in [1.82, 2.24) is 4.98 Å². The first-order valence-electron chi connectivity index (χ1n) is 8.35. The highest BCUT2D eigenvalue weighted by molar-refractivity contribution is 7.93. The summed E-state index contributed by atoms with van der Waals surface area (Å²) in [7, 11) is -4.01. The van der Waals surface area contributed by atoms with E-state index in [0.29, 0.717) is 5.01 Å². The summed E-state index contributed by atoms with van der Waals surface area (Å²) in [6, 6.07) is 10.3. The average Bonchev–Trinajstić information content (AvgIpc) is 3.11. The number of hydrogen-bond acceptors (Lipinski definition) is 5. The molecule has 0 N–H and O–H groups in total. The Kier molecular flexibility index (Phi) is 5.45. The summed E-state index contributed by atoms with van der Waals surface area (Å²) in [6.07, 6.45) is 1.42. The zero-order valence-corrected chi connectivity index (χ0v) is 16.8. The van der Waals surface area contributed by atoms with Gasteiger partial charge >= 0.3 is 0 Å². The largest absolute Gasteiger partial charge is 0.297 e. The van der Waals surface area contributed by atoms with Crippen LogP contribution in [0.1, 0.15) is 18.9 Å². The zero-order chi connectivity index (χ0) is 20.5. The fourth-order valence-electron chi connectivity index (χ4n) is 2.55. The normalized spacial score (nSPS) is 12.1. The molecule has 8 heteroatoms. The number of sulfone groups is 1. The van der Waals surface area contributed by atoms with E-state index in [0.717, 1.165) is 34.7 Å². The fourth-order valence-corrected chi connectivity index (χ4v) is 4.93. The number of carbonyl (C=O) groups excluding carboxylic acids is 1. The number of aromatic nitrogens is 1. The predicted octanol–water partition coefficient (Wildman–Crippen LogP) is 4.45. The number of ketones is 1. The van der Waals surface area contributed by atoms with E-state index in [-0.39, 0.29) is 17.1 Å². The summed E-state index contributed by atoms with van der Waals surface area (Å²) in [6.45, 7) is 2.67. The maximum Gasteiger partial charge on any atom is 0.190 e. The van der Waals surface area contributed by atoms with E-state index in [2.05, 4.69) is 4.98 Å². The molecule has 0 radical (unpaired) electrons. The van der Waals surface area contributed by atoms with Crippen LogP contribution in [-0.4, -0.2) is 23.9 Å². The van der Waals surface area contributed by atoms with Gasteiger partial charge in [0.15, 0.2) is 15.6 Å². The van der Waals surface area contributed by atoms with Crippen LogP contribution < -0.4 is 0 Å². The molecule has 1 heterocycles. The van der Waals surface area contributed by atoms with Gasteiger partial charge in [-0.1, -0.05) is 12.1 Å². The Morgan fingerprint density at radius 1 is 1.00 bits per heavy atom. The van der Waals surface area contributed by atoms with Crippen LogP contribution in [0.25, 0.3) is 10.4 Å². The lowest BCUT2D eigenvalue weighted by atomic mass is 10.1. The maximum atomic E-state index is 13.1. The van der Waals surface area contributed by atoms with Gasteiger partial charge in [0.25, 0.3) is 0 Å². The molecule has 146 valence electrons. The Morgan fingerprint density at radius 2 is 1.54 bits per heavy atom. The molecule has 28 heavy (non-hydrogen) atoms. The minimum absolute atomic E-state index is 0.113. The van der Waals surface area contributed by atoms with Crippen molar-refractivity contribution in [3.05, 3.63) is 71.4 Å². The number of Topliss-reactive ketones (excluding diaryl/α,β-unsaturated/α-hetero) is 1. The molecule has 0 aliphatic heterocycles. The molecule has 4 nitrogen and oxygen atoms in total. The number of benzene rings is 2. The van der Waals surface area contributed by atoms with E-state index in [1.807, 2.05) is 0 Å². The summed E-state index contributed by atoms with van der Waals surface area (Å²) < 4.78 is 50.2. The first-order valence-corrected chi connectivity index (χ1v) is 10.7. The highest BCUT2D eigenvalue weighted by Crippen LogP contribution is 2.30. The standard InChI is InChI=1S/C20H17F2NO3S2/c1-20(2,28(25,26)16-9-7-15(22)8-10-16)18(24)11-19-23-12-17(27-19)13-3-5-14(21)6-4-13/h3-10,12H,11H2,1-2H3. The lowest BCUT2D eigenvalue weighted by Gasteiger charge is -2.23. The summed E-state index contributed by atoms with van der Waals surface area (Å²) in [5, 5.41) is 0.465. The van der Waals surface area contributed by atoms with Crippen LogP contribution in [0.15, 0.2) is 59.6 Å². The van der Waals surface area contributed by atoms with Crippen molar-refractivity contribution in [3.63, 3.8) is 0 Å². The number of halogens is 2. The number of carbonyl (C=O) groups is 1. The van der Waals surface area contributed by atoms with Crippen molar-refractivity contribution in [3.8, 4) is 10.4 Å². The van der Waals surface area contributed by atoms with Gasteiger partial charge in [-0.3, -0.25) is 4.79 Å². The molecule has 0 saturated carbocycles. The summed E-state index contributed by atoms with van der Waals surface area (Å²) in [5.74, 6) is -1.42. The Hall–Kier alpha value is -2.45. The monoisotopic (exact) mass is 421 g/mol. The van der Waals surface area contributed by atoms with Crippen molar-refractivity contribution >= 4 is 27.0 Å². The predicted molar refractivity (Wildman–Crippen MR) is 104 cm³/mol. The SMILES string of the molecule is CC(C)(C(=O)Cc1ncc(-c2ccc(F)cc2)s1)S(=O)(=O)c1ccc(F)cc1. The van der Waals surface area contributed by atoms with Crippen molar-refractivity contribution in [1.29, 1.82) is 0 Å². The van der Waals surface area contributed by atoms with Crippen LogP contribution in [0.2, 0.25) is 0 Å². The molecule has 0 bridgehead atoms. The fraction of sp³-hybridized carbons (Fsp3) is 0.200. The molecule has 0 amide bonds. The van der Waals surface area contributed by atoms with Crippen LogP contribution in [0, 0.1) is 11.6 Å². The molecule has 0 spiro atoms. The van der Waals surface area contributed by atoms with E-state index in [4.69, 9.17) is 0 Å². The first kappa shape index (κ1) is 20.3. The molecular formula is C20H17F2NO3S2. The molecule has 0 unspecified atom stereocenters. The van der Waals surface area contributed by atoms with E-state index < -0.39 is 26.2 Å². The second-order valence-corrected chi connectivity index (χ2v) is 10.3. The molecule has 0 atom stereocenters. The Morgan fingerprint density at radius 3 is 2.11 bits per heavy atom. The Balaban J connectivity index is 1.82. The van der Waals surface area contributed by atoms with E-state index in [1.165, 1.54) is 37.3 Å². The number of thiazole rings is 1. The van der Waals surface area contributed by atoms with E-state index in [1.54, 1.807) is 18.3 Å². The van der Waals surface area contributed by atoms with Crippen molar-refractivity contribution in [2.45, 2.75) is 29.9 Å². The maximum absolute atomic E-state index is 13.1. The summed E-state index contributed by atoms with van der Waals surface area (Å²) in [4.78, 5) is 17.6. The second kappa shape index (κ2) is 7.52. The van der Waals surface area contributed by atoms with Crippen LogP contribution in [0.4, 0.5) is 8.78 Å². The van der Waals surface area contributed by atoms with Gasteiger partial charge in [0.05, 0.1) is 16.2 Å². The number of rotatable bonds is 6. The van der Waals surface area contributed by atoms with Crippen molar-refractivity contribution in [2.75, 3.05) is 0 Å². The lowest BCUT2D eigenvalue weighted by Crippen LogP contribution is -2.41. The van der Waals surface area contributed by atoms with Crippen LogP contribution in [0.3, 0.4) is 0 Å². The molecule has 3 aromatic rings. The third-order valence-electron chi connectivity index (χ3n) is 4.46. The summed E-state index contributed by atoms with van der Waals surface area (Å²) in [5.41, 5.74) is 0.760. The molecule has 1 aromatic heterocycles. The highest BCUT2D eigenvalue weighted by Gasteiger charge is 2.42. The molecule has 2 aromatic carbocycles. The molecule has 0 fully saturated rings. The molecule has 0 aliphatic rings. The van der Waals surface area contributed by atoms with Crippen LogP contribution >= 0.6 is 11.3 Å². The van der Waals surface area contributed by atoms with E-state index in [9.17, 15) is 22.0 Å². The minimum atomic E-state index is -4.01. The first-order chi connectivity index (χ1) is 13.1. The minimum Gasteiger partial charge on any atom is -0.297 e. The second-order valence-electron chi connectivity index (χ2n) is 6.69. The highest BCUT2D eigenvalue weighted by atomic mass is 32.2. The zero-order valence-electron chi connectivity index (χ0n) is 15.1. The van der Waals surface area contributed by atoms with Crippen molar-refractivity contribution < 1.29 is 22.0 Å². The number of hydrogen-bond donors (Lipinski definition) is 0. The topological polar surface area (TPSA) is 64.1 Å². The van der Waals surface area contributed by atoms with Gasteiger partial charge in [0.2, 0.25) is 0 Å². The summed E-state index contributed by atoms with van der Waals surface area (Å²) >= 11 is 1.25. The van der Waals surface area contributed by atoms with Gasteiger partial charge < -0.3 is 0 Å².